The summed E-state index contributed by atoms with van der Waals surface area (Å²) < 4.78 is 10.0. The molecule has 0 spiro atoms. The van der Waals surface area contributed by atoms with Gasteiger partial charge in [0.25, 0.3) is 0 Å². The van der Waals surface area contributed by atoms with Crippen molar-refractivity contribution in [1.82, 2.24) is 10.2 Å². The lowest BCUT2D eigenvalue weighted by atomic mass is 10.2. The Morgan fingerprint density at radius 3 is 2.85 bits per heavy atom. The molecule has 0 radical (unpaired) electrons. The fourth-order valence-corrected chi connectivity index (χ4v) is 2.19. The standard InChI is InChI=1S/C13H24N2O5/c1-10-6-15(7-11(9-16)20-10)8-12(17)14-5-3-4-13(18)19-2/h10-11,16H,3-9H2,1-2H3,(H,14,17). The summed E-state index contributed by atoms with van der Waals surface area (Å²) in [5.74, 6) is -0.354. The molecule has 1 saturated heterocycles. The van der Waals surface area contributed by atoms with Crippen LogP contribution in [0.15, 0.2) is 0 Å². The summed E-state index contributed by atoms with van der Waals surface area (Å²) in [4.78, 5) is 24.6. The summed E-state index contributed by atoms with van der Waals surface area (Å²) in [6.45, 7) is 3.84. The van der Waals surface area contributed by atoms with Gasteiger partial charge in [-0.3, -0.25) is 14.5 Å². The summed E-state index contributed by atoms with van der Waals surface area (Å²) in [5.41, 5.74) is 0. The molecule has 1 amide bonds. The molecule has 0 aromatic rings. The number of morpholine rings is 1. The van der Waals surface area contributed by atoms with E-state index in [0.29, 0.717) is 32.5 Å². The van der Waals surface area contributed by atoms with Gasteiger partial charge >= 0.3 is 5.97 Å². The van der Waals surface area contributed by atoms with Crippen LogP contribution < -0.4 is 5.32 Å². The summed E-state index contributed by atoms with van der Waals surface area (Å²) in [7, 11) is 1.35. The second-order valence-electron chi connectivity index (χ2n) is 4.98. The minimum absolute atomic E-state index is 0.00743. The van der Waals surface area contributed by atoms with Gasteiger partial charge in [0.1, 0.15) is 0 Å². The molecule has 1 aliphatic rings. The van der Waals surface area contributed by atoms with E-state index in [1.807, 2.05) is 11.8 Å². The molecule has 1 aliphatic heterocycles. The molecule has 7 heteroatoms. The molecule has 116 valence electrons. The van der Waals surface area contributed by atoms with Crippen LogP contribution in [-0.2, 0) is 19.1 Å². The van der Waals surface area contributed by atoms with Crippen LogP contribution in [0.1, 0.15) is 19.8 Å². The Morgan fingerprint density at radius 2 is 2.20 bits per heavy atom. The number of aliphatic hydroxyl groups excluding tert-OH is 1. The first-order chi connectivity index (χ1) is 9.55. The van der Waals surface area contributed by atoms with Gasteiger partial charge in [-0.15, -0.1) is 0 Å². The van der Waals surface area contributed by atoms with E-state index >= 15 is 0 Å². The topological polar surface area (TPSA) is 88.1 Å². The number of nitrogens with zero attached hydrogens (tertiary/aromatic N) is 1. The molecule has 2 atom stereocenters. The highest BCUT2D eigenvalue weighted by atomic mass is 16.5. The highest BCUT2D eigenvalue weighted by molar-refractivity contribution is 5.78. The number of hydrogen-bond donors (Lipinski definition) is 2. The number of hydrogen-bond acceptors (Lipinski definition) is 6. The highest BCUT2D eigenvalue weighted by Crippen LogP contribution is 2.10. The summed E-state index contributed by atoms with van der Waals surface area (Å²) in [5, 5.41) is 11.9. The summed E-state index contributed by atoms with van der Waals surface area (Å²) in [6, 6.07) is 0. The van der Waals surface area contributed by atoms with Gasteiger partial charge in [0.15, 0.2) is 0 Å². The average molecular weight is 288 g/mol. The van der Waals surface area contributed by atoms with Crippen molar-refractivity contribution >= 4 is 11.9 Å². The Balaban J connectivity index is 2.19. The maximum atomic E-state index is 11.8. The minimum Gasteiger partial charge on any atom is -0.469 e. The van der Waals surface area contributed by atoms with Crippen molar-refractivity contribution in [3.05, 3.63) is 0 Å². The fraction of sp³-hybridized carbons (Fsp3) is 0.846. The third kappa shape index (κ3) is 6.31. The second-order valence-corrected chi connectivity index (χ2v) is 4.98. The van der Waals surface area contributed by atoms with Gasteiger partial charge in [0.2, 0.25) is 5.91 Å². The van der Waals surface area contributed by atoms with Crippen LogP contribution in [0, 0.1) is 0 Å². The van der Waals surface area contributed by atoms with Gasteiger partial charge < -0.3 is 19.9 Å². The van der Waals surface area contributed by atoms with E-state index in [1.54, 1.807) is 0 Å². The van der Waals surface area contributed by atoms with Crippen LogP contribution in [0.3, 0.4) is 0 Å². The van der Waals surface area contributed by atoms with Crippen LogP contribution >= 0.6 is 0 Å². The molecular formula is C13H24N2O5. The average Bonchev–Trinajstić information content (AvgIpc) is 2.42. The Bertz CT molecular complexity index is 324. The van der Waals surface area contributed by atoms with E-state index in [1.165, 1.54) is 7.11 Å². The number of methoxy groups -OCH3 is 1. The lowest BCUT2D eigenvalue weighted by molar-refractivity contribution is -0.141. The third-order valence-corrected chi connectivity index (χ3v) is 3.08. The number of rotatable bonds is 7. The maximum absolute atomic E-state index is 11.8. The van der Waals surface area contributed by atoms with E-state index in [0.717, 1.165) is 0 Å². The lowest BCUT2D eigenvalue weighted by Gasteiger charge is -2.35. The molecule has 0 aliphatic carbocycles. The molecule has 20 heavy (non-hydrogen) atoms. The molecule has 7 nitrogen and oxygen atoms in total. The second kappa shape index (κ2) is 8.89. The quantitative estimate of drug-likeness (QED) is 0.468. The van der Waals surface area contributed by atoms with E-state index in [2.05, 4.69) is 10.1 Å². The number of carbonyl (C=O) groups is 2. The van der Waals surface area contributed by atoms with Gasteiger partial charge in [0.05, 0.1) is 32.5 Å². The van der Waals surface area contributed by atoms with Gasteiger partial charge in [-0.25, -0.2) is 0 Å². The van der Waals surface area contributed by atoms with Crippen molar-refractivity contribution in [2.24, 2.45) is 0 Å². The molecule has 0 bridgehead atoms. The van der Waals surface area contributed by atoms with Crippen LogP contribution in [0.25, 0.3) is 0 Å². The molecule has 2 unspecified atom stereocenters. The zero-order valence-corrected chi connectivity index (χ0v) is 12.1. The lowest BCUT2D eigenvalue weighted by Crippen LogP contribution is -2.51. The van der Waals surface area contributed by atoms with Gasteiger partial charge in [-0.2, -0.15) is 0 Å². The monoisotopic (exact) mass is 288 g/mol. The number of amides is 1. The molecule has 2 N–H and O–H groups in total. The van der Waals surface area contributed by atoms with Crippen molar-refractivity contribution < 1.29 is 24.2 Å². The van der Waals surface area contributed by atoms with Crippen LogP contribution in [0.4, 0.5) is 0 Å². The van der Waals surface area contributed by atoms with Crippen LogP contribution in [0.5, 0.6) is 0 Å². The SMILES string of the molecule is COC(=O)CCCNC(=O)CN1CC(C)OC(CO)C1. The molecule has 1 rings (SSSR count). The number of carbonyl (C=O) groups excluding carboxylic acids is 2. The Morgan fingerprint density at radius 1 is 1.45 bits per heavy atom. The van der Waals surface area contributed by atoms with Crippen molar-refractivity contribution in [2.45, 2.75) is 32.0 Å². The molecule has 0 aromatic carbocycles. The zero-order valence-electron chi connectivity index (χ0n) is 12.1. The van der Waals surface area contributed by atoms with Gasteiger partial charge in [-0.05, 0) is 13.3 Å². The highest BCUT2D eigenvalue weighted by Gasteiger charge is 2.25. The Hall–Kier alpha value is -1.18. The van der Waals surface area contributed by atoms with Gasteiger partial charge in [0, 0.05) is 26.1 Å². The molecule has 1 heterocycles. The van der Waals surface area contributed by atoms with Crippen LogP contribution in [-0.4, -0.2) is 74.0 Å². The summed E-state index contributed by atoms with van der Waals surface area (Å²) in [6.07, 6.45) is 0.647. The number of nitrogens with one attached hydrogen (secondary N) is 1. The van der Waals surface area contributed by atoms with E-state index in [9.17, 15) is 9.59 Å². The normalized spacial score (nSPS) is 23.4. The van der Waals surface area contributed by atoms with Gasteiger partial charge in [-0.1, -0.05) is 0 Å². The first-order valence-corrected chi connectivity index (χ1v) is 6.87. The van der Waals surface area contributed by atoms with Crippen LogP contribution in [0.2, 0.25) is 0 Å². The van der Waals surface area contributed by atoms with E-state index in [4.69, 9.17) is 9.84 Å². The van der Waals surface area contributed by atoms with Crippen molar-refractivity contribution in [2.75, 3.05) is 39.9 Å². The van der Waals surface area contributed by atoms with Crippen molar-refractivity contribution in [1.29, 1.82) is 0 Å². The smallest absolute Gasteiger partial charge is 0.305 e. The fourth-order valence-electron chi connectivity index (χ4n) is 2.19. The number of aliphatic hydroxyl groups is 1. The molecular weight excluding hydrogens is 264 g/mol. The minimum atomic E-state index is -0.271. The van der Waals surface area contributed by atoms with E-state index < -0.39 is 0 Å². The third-order valence-electron chi connectivity index (χ3n) is 3.08. The molecule has 0 aromatic heterocycles. The Kier molecular flexibility index (Phi) is 7.50. The van der Waals surface area contributed by atoms with Crippen molar-refractivity contribution in [3.63, 3.8) is 0 Å². The van der Waals surface area contributed by atoms with E-state index in [-0.39, 0.29) is 37.2 Å². The predicted octanol–water partition coefficient (Wildman–Crippen LogP) is -0.863. The predicted molar refractivity (Wildman–Crippen MR) is 72.1 cm³/mol. The largest absolute Gasteiger partial charge is 0.469 e. The maximum Gasteiger partial charge on any atom is 0.305 e. The van der Waals surface area contributed by atoms with Crippen molar-refractivity contribution in [3.8, 4) is 0 Å². The number of esters is 1. The molecule has 0 saturated carbocycles. The molecule has 1 fully saturated rings. The summed E-state index contributed by atoms with van der Waals surface area (Å²) >= 11 is 0. The first-order valence-electron chi connectivity index (χ1n) is 6.87. The Labute approximate surface area is 119 Å². The number of ether oxygens (including phenoxy) is 2. The first kappa shape index (κ1) is 16.9. The zero-order chi connectivity index (χ0) is 15.0.